The molecule has 0 heterocycles. The number of benzene rings is 2. The standard InChI is InChI=1S/C16H14BrF2N/c17-14-3-1-2-13(16(14)19)12-7-4-10(8-15(12)18)9-20-11-5-6-11/h1-4,7-8,11,20H,5-6,9H2. The van der Waals surface area contributed by atoms with Crippen molar-refractivity contribution < 1.29 is 8.78 Å². The first-order valence-electron chi connectivity index (χ1n) is 6.61. The fourth-order valence-electron chi connectivity index (χ4n) is 2.15. The smallest absolute Gasteiger partial charge is 0.145 e. The van der Waals surface area contributed by atoms with Gasteiger partial charge in [0.05, 0.1) is 4.47 Å². The van der Waals surface area contributed by atoms with Crippen molar-refractivity contribution in [1.29, 1.82) is 0 Å². The Bertz CT molecular complexity index is 638. The van der Waals surface area contributed by atoms with E-state index in [-0.39, 0.29) is 5.56 Å². The summed E-state index contributed by atoms with van der Waals surface area (Å²) in [6.45, 7) is 0.656. The summed E-state index contributed by atoms with van der Waals surface area (Å²) in [5.41, 5.74) is 1.45. The molecule has 1 nitrogen and oxygen atoms in total. The highest BCUT2D eigenvalue weighted by molar-refractivity contribution is 9.10. The Morgan fingerprint density at radius 1 is 1.10 bits per heavy atom. The van der Waals surface area contributed by atoms with Crippen molar-refractivity contribution in [3.05, 3.63) is 58.1 Å². The first kappa shape index (κ1) is 13.7. The van der Waals surface area contributed by atoms with Crippen LogP contribution in [0.1, 0.15) is 18.4 Å². The van der Waals surface area contributed by atoms with Crippen LogP contribution >= 0.6 is 15.9 Å². The fourth-order valence-corrected chi connectivity index (χ4v) is 2.51. The molecule has 1 N–H and O–H groups in total. The summed E-state index contributed by atoms with van der Waals surface area (Å²) in [6, 6.07) is 10.4. The van der Waals surface area contributed by atoms with E-state index in [1.807, 2.05) is 6.07 Å². The molecule has 3 rings (SSSR count). The molecule has 104 valence electrons. The lowest BCUT2D eigenvalue weighted by atomic mass is 10.0. The Balaban J connectivity index is 1.87. The molecule has 0 bridgehead atoms. The molecule has 0 aromatic heterocycles. The number of nitrogens with one attached hydrogen (secondary N) is 1. The van der Waals surface area contributed by atoms with Crippen LogP contribution in [0.4, 0.5) is 8.78 Å². The fraction of sp³-hybridized carbons (Fsp3) is 0.250. The van der Waals surface area contributed by atoms with Gasteiger partial charge in [-0.15, -0.1) is 0 Å². The highest BCUT2D eigenvalue weighted by Crippen LogP contribution is 2.30. The Labute approximate surface area is 125 Å². The Morgan fingerprint density at radius 2 is 1.90 bits per heavy atom. The SMILES string of the molecule is Fc1cc(CNC2CC2)ccc1-c1cccc(Br)c1F. The summed E-state index contributed by atoms with van der Waals surface area (Å²) in [5.74, 6) is -0.827. The molecule has 2 aromatic rings. The third-order valence-electron chi connectivity index (χ3n) is 3.45. The van der Waals surface area contributed by atoms with Crippen molar-refractivity contribution in [2.45, 2.75) is 25.4 Å². The van der Waals surface area contributed by atoms with Gasteiger partial charge in [-0.3, -0.25) is 0 Å². The van der Waals surface area contributed by atoms with E-state index in [2.05, 4.69) is 21.2 Å². The summed E-state index contributed by atoms with van der Waals surface area (Å²) >= 11 is 3.12. The molecule has 0 aliphatic heterocycles. The molecule has 0 spiro atoms. The monoisotopic (exact) mass is 337 g/mol. The molecule has 1 aliphatic rings. The van der Waals surface area contributed by atoms with Crippen LogP contribution in [0, 0.1) is 11.6 Å². The molecule has 4 heteroatoms. The van der Waals surface area contributed by atoms with Gasteiger partial charge in [-0.25, -0.2) is 8.78 Å². The minimum Gasteiger partial charge on any atom is -0.310 e. The van der Waals surface area contributed by atoms with E-state index in [1.54, 1.807) is 24.3 Å². The zero-order valence-corrected chi connectivity index (χ0v) is 12.4. The van der Waals surface area contributed by atoms with E-state index in [9.17, 15) is 8.78 Å². The van der Waals surface area contributed by atoms with Crippen molar-refractivity contribution >= 4 is 15.9 Å². The van der Waals surface area contributed by atoms with E-state index < -0.39 is 11.6 Å². The Hall–Kier alpha value is -1.26. The van der Waals surface area contributed by atoms with Crippen LogP contribution in [0.25, 0.3) is 11.1 Å². The highest BCUT2D eigenvalue weighted by Gasteiger charge is 2.20. The van der Waals surface area contributed by atoms with Crippen LogP contribution in [-0.2, 0) is 6.54 Å². The molecule has 0 atom stereocenters. The minimum absolute atomic E-state index is 0.276. The van der Waals surface area contributed by atoms with Crippen molar-refractivity contribution in [2.75, 3.05) is 0 Å². The minimum atomic E-state index is -0.435. The van der Waals surface area contributed by atoms with E-state index in [4.69, 9.17) is 0 Å². The van der Waals surface area contributed by atoms with Gasteiger partial charge < -0.3 is 5.32 Å². The van der Waals surface area contributed by atoms with Gasteiger partial charge in [0, 0.05) is 23.7 Å². The average Bonchev–Trinajstić information content (AvgIpc) is 3.24. The number of rotatable bonds is 4. The van der Waals surface area contributed by atoms with Crippen molar-refractivity contribution in [2.24, 2.45) is 0 Å². The van der Waals surface area contributed by atoms with Crippen molar-refractivity contribution in [1.82, 2.24) is 5.32 Å². The van der Waals surface area contributed by atoms with Gasteiger partial charge in [0.2, 0.25) is 0 Å². The molecule has 1 fully saturated rings. The second-order valence-electron chi connectivity index (χ2n) is 5.07. The third-order valence-corrected chi connectivity index (χ3v) is 4.06. The normalized spacial score (nSPS) is 14.6. The Morgan fingerprint density at radius 3 is 2.60 bits per heavy atom. The van der Waals surface area contributed by atoms with E-state index >= 15 is 0 Å². The van der Waals surface area contributed by atoms with Gasteiger partial charge in [-0.1, -0.05) is 24.3 Å². The maximum absolute atomic E-state index is 14.2. The van der Waals surface area contributed by atoms with Gasteiger partial charge in [-0.05, 0) is 46.5 Å². The quantitative estimate of drug-likeness (QED) is 0.856. The second-order valence-corrected chi connectivity index (χ2v) is 5.93. The molecule has 0 amide bonds. The van der Waals surface area contributed by atoms with Crippen molar-refractivity contribution in [3.8, 4) is 11.1 Å². The van der Waals surface area contributed by atoms with Gasteiger partial charge in [0.1, 0.15) is 11.6 Å². The summed E-state index contributed by atoms with van der Waals surface area (Å²) in [6.07, 6.45) is 2.40. The largest absolute Gasteiger partial charge is 0.310 e. The number of hydrogen-bond donors (Lipinski definition) is 1. The predicted molar refractivity (Wildman–Crippen MR) is 79.4 cm³/mol. The maximum atomic E-state index is 14.2. The van der Waals surface area contributed by atoms with Crippen LogP contribution in [0.15, 0.2) is 40.9 Å². The molecule has 0 saturated heterocycles. The molecular weight excluding hydrogens is 324 g/mol. The third kappa shape index (κ3) is 2.91. The summed E-state index contributed by atoms with van der Waals surface area (Å²) < 4.78 is 28.5. The zero-order valence-electron chi connectivity index (χ0n) is 10.8. The maximum Gasteiger partial charge on any atom is 0.145 e. The lowest BCUT2D eigenvalue weighted by Gasteiger charge is -2.09. The van der Waals surface area contributed by atoms with E-state index in [0.717, 1.165) is 5.56 Å². The van der Waals surface area contributed by atoms with E-state index in [0.29, 0.717) is 22.6 Å². The molecule has 0 unspecified atom stereocenters. The number of hydrogen-bond acceptors (Lipinski definition) is 1. The Kier molecular flexibility index (Phi) is 3.85. The first-order valence-corrected chi connectivity index (χ1v) is 7.40. The predicted octanol–water partition coefficient (Wildman–Crippen LogP) is 4.65. The molecule has 0 radical (unpaired) electrons. The zero-order chi connectivity index (χ0) is 14.1. The molecular formula is C16H14BrF2N. The van der Waals surface area contributed by atoms with Crippen molar-refractivity contribution in [3.63, 3.8) is 0 Å². The average molecular weight is 338 g/mol. The lowest BCUT2D eigenvalue weighted by Crippen LogP contribution is -2.15. The number of halogens is 3. The highest BCUT2D eigenvalue weighted by atomic mass is 79.9. The van der Waals surface area contributed by atoms with Gasteiger partial charge in [0.25, 0.3) is 0 Å². The van der Waals surface area contributed by atoms with Crippen LogP contribution in [0.3, 0.4) is 0 Å². The van der Waals surface area contributed by atoms with Gasteiger partial charge in [0.15, 0.2) is 0 Å². The van der Waals surface area contributed by atoms with Gasteiger partial charge >= 0.3 is 0 Å². The summed E-state index contributed by atoms with van der Waals surface area (Å²) in [4.78, 5) is 0. The first-order chi connectivity index (χ1) is 9.65. The summed E-state index contributed by atoms with van der Waals surface area (Å²) in [7, 11) is 0. The van der Waals surface area contributed by atoms with Crippen LogP contribution in [-0.4, -0.2) is 6.04 Å². The molecule has 1 aliphatic carbocycles. The van der Waals surface area contributed by atoms with E-state index in [1.165, 1.54) is 18.9 Å². The van der Waals surface area contributed by atoms with Crippen LogP contribution in [0.2, 0.25) is 0 Å². The second kappa shape index (κ2) is 5.62. The van der Waals surface area contributed by atoms with Crippen LogP contribution in [0.5, 0.6) is 0 Å². The molecule has 2 aromatic carbocycles. The molecule has 1 saturated carbocycles. The molecule has 20 heavy (non-hydrogen) atoms. The lowest BCUT2D eigenvalue weighted by molar-refractivity contribution is 0.609. The summed E-state index contributed by atoms with van der Waals surface area (Å²) in [5, 5.41) is 3.33. The topological polar surface area (TPSA) is 12.0 Å². The van der Waals surface area contributed by atoms with Gasteiger partial charge in [-0.2, -0.15) is 0 Å². The van der Waals surface area contributed by atoms with Crippen LogP contribution < -0.4 is 5.32 Å².